The molecule has 0 aliphatic heterocycles. The molecule has 0 fully saturated rings. The summed E-state index contributed by atoms with van der Waals surface area (Å²) in [5.41, 5.74) is 0. The second-order valence-corrected chi connectivity index (χ2v) is 2.93. The van der Waals surface area contributed by atoms with Gasteiger partial charge in [0.05, 0.1) is 0 Å². The summed E-state index contributed by atoms with van der Waals surface area (Å²) in [6, 6.07) is 5.97. The maximum Gasteiger partial charge on any atom is 0.246 e. The van der Waals surface area contributed by atoms with Crippen LogP contribution in [0.15, 0.2) is 30.5 Å². The average Bonchev–Trinajstić information content (AvgIpc) is 2.22. The van der Waals surface area contributed by atoms with Crippen LogP contribution in [0.25, 0.3) is 0 Å². The lowest BCUT2D eigenvalue weighted by molar-refractivity contribution is 0.423. The predicted molar refractivity (Wildman–Crippen MR) is 51.3 cm³/mol. The maximum absolute atomic E-state index is 13.2. The lowest BCUT2D eigenvalue weighted by atomic mass is 10.3. The van der Waals surface area contributed by atoms with Gasteiger partial charge in [0.25, 0.3) is 0 Å². The first-order valence-electron chi connectivity index (χ1n) is 4.03. The van der Waals surface area contributed by atoms with Crippen LogP contribution in [-0.2, 0) is 0 Å². The number of nitrogens with zero attached hydrogens (tertiary/aromatic N) is 3. The van der Waals surface area contributed by atoms with Gasteiger partial charge in [-0.25, -0.2) is 4.39 Å². The molecule has 0 aliphatic rings. The molecule has 0 atom stereocenters. The summed E-state index contributed by atoms with van der Waals surface area (Å²) in [5, 5.41) is 6.90. The van der Waals surface area contributed by atoms with Crippen LogP contribution in [0.2, 0.25) is 5.28 Å². The van der Waals surface area contributed by atoms with Crippen LogP contribution in [0, 0.1) is 5.82 Å². The molecule has 4 nitrogen and oxygen atoms in total. The molecule has 2 rings (SSSR count). The molecule has 2 aromatic rings. The van der Waals surface area contributed by atoms with E-state index in [9.17, 15) is 4.39 Å². The lowest BCUT2D eigenvalue weighted by Gasteiger charge is -2.03. The third-order valence-corrected chi connectivity index (χ3v) is 1.72. The first kappa shape index (κ1) is 9.79. The van der Waals surface area contributed by atoms with E-state index in [1.807, 2.05) is 0 Å². The Bertz CT molecular complexity index is 480. The van der Waals surface area contributed by atoms with E-state index in [1.165, 1.54) is 18.3 Å². The van der Waals surface area contributed by atoms with Gasteiger partial charge in [0.2, 0.25) is 11.2 Å². The van der Waals surface area contributed by atoms with E-state index in [1.54, 1.807) is 12.1 Å². The minimum Gasteiger partial charge on any atom is -0.434 e. The number of ether oxygens (including phenoxy) is 1. The van der Waals surface area contributed by atoms with Crippen molar-refractivity contribution < 1.29 is 9.13 Å². The molecule has 0 radical (unpaired) electrons. The Kier molecular flexibility index (Phi) is 2.73. The van der Waals surface area contributed by atoms with Crippen LogP contribution in [0.5, 0.6) is 11.6 Å². The van der Waals surface area contributed by atoms with Gasteiger partial charge in [0, 0.05) is 0 Å². The molecule has 0 amide bonds. The van der Waals surface area contributed by atoms with Crippen molar-refractivity contribution in [1.29, 1.82) is 0 Å². The number of benzene rings is 1. The zero-order chi connectivity index (χ0) is 10.7. The molecule has 15 heavy (non-hydrogen) atoms. The minimum absolute atomic E-state index is 0.0520. The molecular formula is C9H5ClFN3O. The Labute approximate surface area is 89.7 Å². The van der Waals surface area contributed by atoms with Crippen molar-refractivity contribution in [3.05, 3.63) is 41.6 Å². The molecule has 0 unspecified atom stereocenters. The molecule has 1 heterocycles. The normalized spacial score (nSPS) is 10.0. The summed E-state index contributed by atoms with van der Waals surface area (Å²) in [6.07, 6.45) is 1.25. The van der Waals surface area contributed by atoms with Gasteiger partial charge in [-0.15, -0.1) is 5.10 Å². The van der Waals surface area contributed by atoms with Crippen LogP contribution in [0.4, 0.5) is 4.39 Å². The van der Waals surface area contributed by atoms with Gasteiger partial charge < -0.3 is 4.74 Å². The van der Waals surface area contributed by atoms with Crippen molar-refractivity contribution in [3.63, 3.8) is 0 Å². The van der Waals surface area contributed by atoms with Crippen LogP contribution < -0.4 is 4.74 Å². The van der Waals surface area contributed by atoms with Gasteiger partial charge in [-0.05, 0) is 23.7 Å². The quantitative estimate of drug-likeness (QED) is 0.788. The molecule has 0 saturated heterocycles. The molecule has 0 spiro atoms. The molecule has 0 saturated carbocycles. The second kappa shape index (κ2) is 4.18. The van der Waals surface area contributed by atoms with Gasteiger partial charge in [-0.2, -0.15) is 10.1 Å². The van der Waals surface area contributed by atoms with E-state index in [-0.39, 0.29) is 16.9 Å². The van der Waals surface area contributed by atoms with Crippen LogP contribution in [-0.4, -0.2) is 15.2 Å². The second-order valence-electron chi connectivity index (χ2n) is 2.60. The highest BCUT2D eigenvalue weighted by Crippen LogP contribution is 2.21. The standard InChI is InChI=1S/C9H5ClFN3O/c10-9-13-8(5-12-14-9)15-7-4-2-1-3-6(7)11/h1-5H. The third kappa shape index (κ3) is 2.38. The van der Waals surface area contributed by atoms with Gasteiger partial charge in [0.15, 0.2) is 11.6 Å². The first-order valence-corrected chi connectivity index (χ1v) is 4.41. The number of hydrogen-bond donors (Lipinski definition) is 0. The fourth-order valence-electron chi connectivity index (χ4n) is 0.957. The smallest absolute Gasteiger partial charge is 0.246 e. The number of rotatable bonds is 2. The highest BCUT2D eigenvalue weighted by Gasteiger charge is 2.05. The van der Waals surface area contributed by atoms with E-state index in [2.05, 4.69) is 15.2 Å². The zero-order valence-corrected chi connectivity index (χ0v) is 8.15. The molecule has 6 heteroatoms. The van der Waals surface area contributed by atoms with Gasteiger partial charge in [-0.1, -0.05) is 12.1 Å². The monoisotopic (exact) mass is 225 g/mol. The molecule has 1 aromatic heterocycles. The van der Waals surface area contributed by atoms with Crippen LogP contribution in [0.3, 0.4) is 0 Å². The lowest BCUT2D eigenvalue weighted by Crippen LogP contribution is -1.93. The SMILES string of the molecule is Fc1ccccc1Oc1cnnc(Cl)n1. The largest absolute Gasteiger partial charge is 0.434 e. The Morgan fingerprint density at radius 2 is 2.07 bits per heavy atom. The summed E-state index contributed by atoms with van der Waals surface area (Å²) < 4.78 is 18.3. The average molecular weight is 226 g/mol. The fraction of sp³-hybridized carbons (Fsp3) is 0. The summed E-state index contributed by atoms with van der Waals surface area (Å²) in [6.45, 7) is 0. The molecule has 0 N–H and O–H groups in total. The molecule has 1 aromatic carbocycles. The van der Waals surface area contributed by atoms with Crippen LogP contribution >= 0.6 is 11.6 Å². The maximum atomic E-state index is 13.2. The fourth-order valence-corrected chi connectivity index (χ4v) is 1.08. The Hall–Kier alpha value is -1.75. The molecule has 76 valence electrons. The van der Waals surface area contributed by atoms with Crippen molar-refractivity contribution in [2.24, 2.45) is 0 Å². The molecular weight excluding hydrogens is 221 g/mol. The highest BCUT2D eigenvalue weighted by molar-refractivity contribution is 6.28. The number of para-hydroxylation sites is 1. The van der Waals surface area contributed by atoms with E-state index in [4.69, 9.17) is 16.3 Å². The van der Waals surface area contributed by atoms with Crippen LogP contribution in [0.1, 0.15) is 0 Å². The summed E-state index contributed by atoms with van der Waals surface area (Å²) >= 11 is 5.49. The molecule has 0 bridgehead atoms. The van der Waals surface area contributed by atoms with Crippen molar-refractivity contribution in [2.45, 2.75) is 0 Å². The number of halogens is 2. The van der Waals surface area contributed by atoms with Crippen molar-refractivity contribution >= 4 is 11.6 Å². The highest BCUT2D eigenvalue weighted by atomic mass is 35.5. The van der Waals surface area contributed by atoms with Gasteiger partial charge >= 0.3 is 0 Å². The summed E-state index contributed by atoms with van der Waals surface area (Å²) in [5.74, 6) is -0.318. The Balaban J connectivity index is 2.26. The summed E-state index contributed by atoms with van der Waals surface area (Å²) in [7, 11) is 0. The van der Waals surface area contributed by atoms with Gasteiger partial charge in [-0.3, -0.25) is 0 Å². The minimum atomic E-state index is -0.479. The predicted octanol–water partition coefficient (Wildman–Crippen LogP) is 2.46. The van der Waals surface area contributed by atoms with Crippen molar-refractivity contribution in [2.75, 3.05) is 0 Å². The topological polar surface area (TPSA) is 47.9 Å². The van der Waals surface area contributed by atoms with Crippen molar-refractivity contribution in [3.8, 4) is 11.6 Å². The van der Waals surface area contributed by atoms with E-state index >= 15 is 0 Å². The number of aromatic nitrogens is 3. The van der Waals surface area contributed by atoms with E-state index in [0.29, 0.717) is 0 Å². The third-order valence-electron chi connectivity index (χ3n) is 1.56. The number of hydrogen-bond acceptors (Lipinski definition) is 4. The van der Waals surface area contributed by atoms with E-state index in [0.717, 1.165) is 0 Å². The zero-order valence-electron chi connectivity index (χ0n) is 7.39. The van der Waals surface area contributed by atoms with Gasteiger partial charge in [0.1, 0.15) is 6.20 Å². The van der Waals surface area contributed by atoms with E-state index < -0.39 is 5.82 Å². The molecule has 0 aliphatic carbocycles. The Morgan fingerprint density at radius 1 is 1.27 bits per heavy atom. The Morgan fingerprint density at radius 3 is 2.80 bits per heavy atom. The van der Waals surface area contributed by atoms with Crippen molar-refractivity contribution in [1.82, 2.24) is 15.2 Å². The summed E-state index contributed by atoms with van der Waals surface area (Å²) in [4.78, 5) is 3.71. The first-order chi connectivity index (χ1) is 7.25.